The zero-order valence-corrected chi connectivity index (χ0v) is 18.6. The highest BCUT2D eigenvalue weighted by Gasteiger charge is 2.28. The molecule has 0 aromatic heterocycles. The van der Waals surface area contributed by atoms with E-state index in [-0.39, 0.29) is 28.8 Å². The van der Waals surface area contributed by atoms with E-state index in [1.165, 1.54) is 24.3 Å². The Labute approximate surface area is 186 Å². The van der Waals surface area contributed by atoms with Gasteiger partial charge in [0, 0.05) is 23.0 Å². The molecule has 2 aromatic carbocycles. The monoisotopic (exact) mass is 465 g/mol. The van der Waals surface area contributed by atoms with Crippen LogP contribution in [0.4, 0.5) is 0 Å². The van der Waals surface area contributed by atoms with Gasteiger partial charge in [0.05, 0.1) is 11.5 Å². The molecule has 1 aliphatic rings. The van der Waals surface area contributed by atoms with E-state index in [2.05, 4.69) is 15.6 Å². The van der Waals surface area contributed by atoms with Crippen molar-refractivity contribution in [1.29, 1.82) is 0 Å². The molecule has 1 saturated carbocycles. The van der Waals surface area contributed by atoms with Crippen LogP contribution in [0, 0.1) is 6.92 Å². The van der Waals surface area contributed by atoms with E-state index in [1.54, 1.807) is 18.2 Å². The minimum atomic E-state index is -3.67. The molecule has 3 N–H and O–H groups in total. The fourth-order valence-electron chi connectivity index (χ4n) is 2.74. The molecule has 10 heteroatoms. The fourth-order valence-corrected chi connectivity index (χ4v) is 4.32. The molecule has 8 nitrogen and oxygen atoms in total. The molecule has 2 aromatic rings. The van der Waals surface area contributed by atoms with Gasteiger partial charge in [-0.15, -0.1) is 0 Å². The van der Waals surface area contributed by atoms with Crippen molar-refractivity contribution in [2.45, 2.75) is 43.5 Å². The molecule has 1 fully saturated rings. The number of carbonyl (C=O) groups excluding carboxylic acids is 2. The first-order valence-corrected chi connectivity index (χ1v) is 11.7. The maximum atomic E-state index is 12.3. The summed E-state index contributed by atoms with van der Waals surface area (Å²) < 4.78 is 32.7. The molecular weight excluding hydrogens is 442 g/mol. The number of aryl methyl sites for hydroxylation is 1. The maximum Gasteiger partial charge on any atom is 0.269 e. The molecule has 0 radical (unpaired) electrons. The van der Waals surface area contributed by atoms with Crippen LogP contribution in [0.5, 0.6) is 5.75 Å². The Hall–Kier alpha value is -2.62. The number of benzene rings is 2. The SMILES string of the molecule is Cc1cc(Cl)ccc1OCCCC(=O)NNC(=O)c1cccc(S(=O)(=O)NC2CC2)c1. The Morgan fingerprint density at radius 1 is 1.13 bits per heavy atom. The highest BCUT2D eigenvalue weighted by molar-refractivity contribution is 7.89. The van der Waals surface area contributed by atoms with E-state index in [0.29, 0.717) is 23.8 Å². The van der Waals surface area contributed by atoms with Gasteiger partial charge in [0.2, 0.25) is 15.9 Å². The van der Waals surface area contributed by atoms with Gasteiger partial charge in [-0.2, -0.15) is 0 Å². The second-order valence-electron chi connectivity index (χ2n) is 7.29. The number of sulfonamides is 1. The summed E-state index contributed by atoms with van der Waals surface area (Å²) in [5, 5.41) is 0.627. The zero-order chi connectivity index (χ0) is 22.4. The lowest BCUT2D eigenvalue weighted by Crippen LogP contribution is -2.41. The molecule has 2 amide bonds. The summed E-state index contributed by atoms with van der Waals surface area (Å²) in [6, 6.07) is 10.9. The lowest BCUT2D eigenvalue weighted by atomic mass is 10.2. The molecule has 0 spiro atoms. The van der Waals surface area contributed by atoms with Crippen LogP contribution in [0.2, 0.25) is 5.02 Å². The predicted octanol–water partition coefficient (Wildman–Crippen LogP) is 2.71. The van der Waals surface area contributed by atoms with Crippen LogP contribution in [0.3, 0.4) is 0 Å². The smallest absolute Gasteiger partial charge is 0.269 e. The van der Waals surface area contributed by atoms with Gasteiger partial charge >= 0.3 is 0 Å². The van der Waals surface area contributed by atoms with Crippen molar-refractivity contribution in [2.75, 3.05) is 6.61 Å². The van der Waals surface area contributed by atoms with E-state index in [9.17, 15) is 18.0 Å². The van der Waals surface area contributed by atoms with E-state index in [4.69, 9.17) is 16.3 Å². The number of ether oxygens (including phenoxy) is 1. The molecular formula is C21H24ClN3O5S. The first-order chi connectivity index (χ1) is 14.7. The molecule has 0 heterocycles. The summed E-state index contributed by atoms with van der Waals surface area (Å²) >= 11 is 5.90. The second-order valence-corrected chi connectivity index (χ2v) is 9.44. The van der Waals surface area contributed by atoms with Gasteiger partial charge in [0.15, 0.2) is 0 Å². The molecule has 31 heavy (non-hydrogen) atoms. The van der Waals surface area contributed by atoms with Crippen molar-refractivity contribution >= 4 is 33.4 Å². The third-order valence-electron chi connectivity index (χ3n) is 4.56. The minimum absolute atomic E-state index is 0.00742. The molecule has 3 rings (SSSR count). The van der Waals surface area contributed by atoms with E-state index in [1.807, 2.05) is 6.92 Å². The highest BCUT2D eigenvalue weighted by atomic mass is 35.5. The molecule has 0 saturated heterocycles. The Morgan fingerprint density at radius 2 is 1.90 bits per heavy atom. The van der Waals surface area contributed by atoms with Crippen molar-refractivity contribution in [3.05, 3.63) is 58.6 Å². The summed E-state index contributed by atoms with van der Waals surface area (Å²) in [6.45, 7) is 2.21. The van der Waals surface area contributed by atoms with Crippen LogP contribution in [-0.4, -0.2) is 32.9 Å². The Kier molecular flexibility index (Phi) is 7.53. The lowest BCUT2D eigenvalue weighted by molar-refractivity contribution is -0.122. The highest BCUT2D eigenvalue weighted by Crippen LogP contribution is 2.23. The van der Waals surface area contributed by atoms with Crippen LogP contribution in [0.1, 0.15) is 41.6 Å². The number of halogens is 1. The lowest BCUT2D eigenvalue weighted by Gasteiger charge is -2.11. The number of nitrogens with one attached hydrogen (secondary N) is 3. The van der Waals surface area contributed by atoms with Gasteiger partial charge in [-0.1, -0.05) is 17.7 Å². The first-order valence-electron chi connectivity index (χ1n) is 9.85. The number of hydrogen-bond acceptors (Lipinski definition) is 5. The average Bonchev–Trinajstić information content (AvgIpc) is 3.54. The predicted molar refractivity (Wildman–Crippen MR) is 116 cm³/mol. The number of hydrogen-bond donors (Lipinski definition) is 3. The molecule has 0 bridgehead atoms. The molecule has 166 valence electrons. The summed E-state index contributed by atoms with van der Waals surface area (Å²) in [7, 11) is -3.67. The van der Waals surface area contributed by atoms with Crippen molar-refractivity contribution in [3.63, 3.8) is 0 Å². The van der Waals surface area contributed by atoms with Gasteiger partial charge in [-0.25, -0.2) is 13.1 Å². The molecule has 0 aliphatic heterocycles. The summed E-state index contributed by atoms with van der Waals surface area (Å²) in [4.78, 5) is 24.2. The maximum absolute atomic E-state index is 12.3. The van der Waals surface area contributed by atoms with Crippen molar-refractivity contribution in [2.24, 2.45) is 0 Å². The quantitative estimate of drug-likeness (QED) is 0.389. The number of carbonyl (C=O) groups is 2. The standard InChI is InChI=1S/C21H24ClN3O5S/c1-14-12-16(22)7-10-19(14)30-11-3-6-20(26)23-24-21(27)15-4-2-5-18(13-15)31(28,29)25-17-8-9-17/h2,4-5,7,10,12-13,17,25H,3,6,8-9,11H2,1H3,(H,23,26)(H,24,27). The van der Waals surface area contributed by atoms with Gasteiger partial charge < -0.3 is 4.74 Å². The third-order valence-corrected chi connectivity index (χ3v) is 6.32. The van der Waals surface area contributed by atoms with E-state index < -0.39 is 15.9 Å². The Bertz CT molecular complexity index is 1070. The van der Waals surface area contributed by atoms with Gasteiger partial charge in [-0.3, -0.25) is 20.4 Å². The van der Waals surface area contributed by atoms with Gasteiger partial charge in [0.1, 0.15) is 5.75 Å². The normalized spacial score (nSPS) is 13.5. The zero-order valence-electron chi connectivity index (χ0n) is 17.0. The topological polar surface area (TPSA) is 114 Å². The Morgan fingerprint density at radius 3 is 2.61 bits per heavy atom. The fraction of sp³-hybridized carbons (Fsp3) is 0.333. The van der Waals surface area contributed by atoms with E-state index >= 15 is 0 Å². The summed E-state index contributed by atoms with van der Waals surface area (Å²) in [6.07, 6.45) is 2.22. The van der Waals surface area contributed by atoms with E-state index in [0.717, 1.165) is 18.4 Å². The average molecular weight is 466 g/mol. The summed E-state index contributed by atoms with van der Waals surface area (Å²) in [5.41, 5.74) is 5.65. The van der Waals surface area contributed by atoms with Crippen LogP contribution in [0.25, 0.3) is 0 Å². The third kappa shape index (κ3) is 6.95. The van der Waals surface area contributed by atoms with Gasteiger partial charge in [-0.05, 0) is 68.1 Å². The Balaban J connectivity index is 1.42. The summed E-state index contributed by atoms with van der Waals surface area (Å²) in [5.74, 6) is -0.294. The second kappa shape index (κ2) is 10.1. The van der Waals surface area contributed by atoms with Crippen LogP contribution in [-0.2, 0) is 14.8 Å². The molecule has 0 unspecified atom stereocenters. The van der Waals surface area contributed by atoms with Crippen LogP contribution < -0.4 is 20.3 Å². The molecule has 0 atom stereocenters. The van der Waals surface area contributed by atoms with Crippen LogP contribution >= 0.6 is 11.6 Å². The minimum Gasteiger partial charge on any atom is -0.493 e. The van der Waals surface area contributed by atoms with Crippen molar-refractivity contribution in [3.8, 4) is 5.75 Å². The van der Waals surface area contributed by atoms with Crippen LogP contribution in [0.15, 0.2) is 47.4 Å². The largest absolute Gasteiger partial charge is 0.493 e. The molecule has 1 aliphatic carbocycles. The number of hydrazine groups is 1. The van der Waals surface area contributed by atoms with Gasteiger partial charge in [0.25, 0.3) is 5.91 Å². The van der Waals surface area contributed by atoms with Crippen molar-refractivity contribution < 1.29 is 22.7 Å². The van der Waals surface area contributed by atoms with Crippen molar-refractivity contribution in [1.82, 2.24) is 15.6 Å². The number of amides is 2. The first kappa shape index (κ1) is 23.1. The number of rotatable bonds is 9.